The number of nitrogens with two attached hydrogens (primary N) is 1. The Balaban J connectivity index is 2.11. The van der Waals surface area contributed by atoms with Crippen LogP contribution in [0.3, 0.4) is 0 Å². The Morgan fingerprint density at radius 1 is 1.37 bits per heavy atom. The quantitative estimate of drug-likeness (QED) is 0.890. The van der Waals surface area contributed by atoms with Gasteiger partial charge in [-0.1, -0.05) is 31.0 Å². The number of nitrogens with zero attached hydrogens (tertiary/aromatic N) is 1. The Morgan fingerprint density at radius 3 is 2.79 bits per heavy atom. The first-order valence-electron chi connectivity index (χ1n) is 7.41. The highest BCUT2D eigenvalue weighted by Crippen LogP contribution is 2.29. The van der Waals surface area contributed by atoms with Gasteiger partial charge in [-0.25, -0.2) is 0 Å². The van der Waals surface area contributed by atoms with Crippen LogP contribution in [-0.4, -0.2) is 13.1 Å². The van der Waals surface area contributed by atoms with E-state index in [0.717, 1.165) is 29.6 Å². The van der Waals surface area contributed by atoms with Crippen LogP contribution in [0.1, 0.15) is 51.1 Å². The lowest BCUT2D eigenvalue weighted by molar-refractivity contribution is 0.459. The Kier molecular flexibility index (Phi) is 5.12. The first-order chi connectivity index (χ1) is 9.11. The van der Waals surface area contributed by atoms with E-state index in [9.17, 15) is 0 Å². The molecule has 1 heterocycles. The van der Waals surface area contributed by atoms with E-state index in [1.54, 1.807) is 0 Å². The zero-order valence-corrected chi connectivity index (χ0v) is 12.8. The van der Waals surface area contributed by atoms with Crippen LogP contribution < -0.4 is 10.6 Å². The van der Waals surface area contributed by atoms with Crippen molar-refractivity contribution in [3.63, 3.8) is 0 Å². The number of hydrogen-bond acceptors (Lipinski definition) is 2. The molecule has 1 aromatic carbocycles. The summed E-state index contributed by atoms with van der Waals surface area (Å²) in [7, 11) is 0. The minimum Gasteiger partial charge on any atom is -0.371 e. The summed E-state index contributed by atoms with van der Waals surface area (Å²) in [6.07, 6.45) is 5.24. The minimum atomic E-state index is -0.00449. The maximum atomic E-state index is 6.33. The van der Waals surface area contributed by atoms with Crippen molar-refractivity contribution in [1.29, 1.82) is 0 Å². The van der Waals surface area contributed by atoms with Gasteiger partial charge in [0.1, 0.15) is 0 Å². The lowest BCUT2D eigenvalue weighted by Gasteiger charge is -2.24. The summed E-state index contributed by atoms with van der Waals surface area (Å²) in [6, 6.07) is 6.31. The second-order valence-electron chi connectivity index (χ2n) is 5.69. The molecule has 1 aromatic rings. The van der Waals surface area contributed by atoms with Gasteiger partial charge in [0, 0.05) is 29.8 Å². The van der Waals surface area contributed by atoms with Gasteiger partial charge in [0.25, 0.3) is 0 Å². The lowest BCUT2D eigenvalue weighted by atomic mass is 9.98. The monoisotopic (exact) mass is 280 g/mol. The molecule has 1 saturated heterocycles. The zero-order valence-electron chi connectivity index (χ0n) is 12.0. The topological polar surface area (TPSA) is 29.3 Å². The fourth-order valence-electron chi connectivity index (χ4n) is 2.91. The molecule has 0 spiro atoms. The van der Waals surface area contributed by atoms with Gasteiger partial charge in [0.2, 0.25) is 0 Å². The maximum absolute atomic E-state index is 6.33. The van der Waals surface area contributed by atoms with Crippen molar-refractivity contribution in [3.05, 3.63) is 28.8 Å². The number of benzene rings is 1. The highest BCUT2D eigenvalue weighted by molar-refractivity contribution is 6.31. The second-order valence-corrected chi connectivity index (χ2v) is 6.09. The first kappa shape index (κ1) is 14.7. The lowest BCUT2D eigenvalue weighted by Crippen LogP contribution is -2.24. The summed E-state index contributed by atoms with van der Waals surface area (Å²) in [6.45, 7) is 6.56. The molecule has 2 atom stereocenters. The molecule has 0 amide bonds. The van der Waals surface area contributed by atoms with E-state index in [-0.39, 0.29) is 6.04 Å². The molecule has 2 N–H and O–H groups in total. The van der Waals surface area contributed by atoms with E-state index in [4.69, 9.17) is 17.3 Å². The highest BCUT2D eigenvalue weighted by Gasteiger charge is 2.17. The fraction of sp³-hybridized carbons (Fsp3) is 0.625. The van der Waals surface area contributed by atoms with Crippen molar-refractivity contribution >= 4 is 17.3 Å². The van der Waals surface area contributed by atoms with Gasteiger partial charge in [0.15, 0.2) is 0 Å². The van der Waals surface area contributed by atoms with E-state index in [2.05, 4.69) is 30.0 Å². The maximum Gasteiger partial charge on any atom is 0.0474 e. The molecule has 106 valence electrons. The summed E-state index contributed by atoms with van der Waals surface area (Å²) in [5.74, 6) is 0.892. The molecule has 0 saturated carbocycles. The van der Waals surface area contributed by atoms with Crippen LogP contribution in [0.25, 0.3) is 0 Å². The van der Waals surface area contributed by atoms with Crippen molar-refractivity contribution < 1.29 is 0 Å². The standard InChI is InChI=1S/C16H25ClN2/c1-3-13-5-4-9-19(10-8-13)14-6-7-15(12(2)18)16(17)11-14/h6-7,11-13H,3-5,8-10,18H2,1-2H3. The minimum absolute atomic E-state index is 0.00449. The third-order valence-electron chi connectivity index (χ3n) is 4.26. The predicted molar refractivity (Wildman–Crippen MR) is 83.9 cm³/mol. The molecule has 2 nitrogen and oxygen atoms in total. The highest BCUT2D eigenvalue weighted by atomic mass is 35.5. The molecule has 3 heteroatoms. The van der Waals surface area contributed by atoms with E-state index in [1.807, 2.05) is 6.92 Å². The molecule has 0 aliphatic carbocycles. The van der Waals surface area contributed by atoms with Crippen molar-refractivity contribution in [1.82, 2.24) is 0 Å². The summed E-state index contributed by atoms with van der Waals surface area (Å²) >= 11 is 6.33. The number of anilines is 1. The normalized spacial score (nSPS) is 22.1. The van der Waals surface area contributed by atoms with Crippen molar-refractivity contribution in [2.45, 2.75) is 45.6 Å². The average molecular weight is 281 g/mol. The Hall–Kier alpha value is -0.730. The first-order valence-corrected chi connectivity index (χ1v) is 7.79. The SMILES string of the molecule is CCC1CCCN(c2ccc(C(C)N)c(Cl)c2)CC1. The van der Waals surface area contributed by atoms with Crippen molar-refractivity contribution in [2.75, 3.05) is 18.0 Å². The number of rotatable bonds is 3. The van der Waals surface area contributed by atoms with Crippen LogP contribution in [-0.2, 0) is 0 Å². The van der Waals surface area contributed by atoms with Crippen LogP contribution in [0.15, 0.2) is 18.2 Å². The molecule has 1 aliphatic heterocycles. The molecule has 2 rings (SSSR count). The summed E-state index contributed by atoms with van der Waals surface area (Å²) in [5.41, 5.74) is 8.18. The summed E-state index contributed by atoms with van der Waals surface area (Å²) in [4.78, 5) is 2.46. The van der Waals surface area contributed by atoms with Crippen molar-refractivity contribution in [3.8, 4) is 0 Å². The molecule has 1 fully saturated rings. The van der Waals surface area contributed by atoms with Gasteiger partial charge in [-0.3, -0.25) is 0 Å². The van der Waals surface area contributed by atoms with Gasteiger partial charge >= 0.3 is 0 Å². The Bertz CT molecular complexity index is 417. The largest absolute Gasteiger partial charge is 0.371 e. The van der Waals surface area contributed by atoms with Crippen LogP contribution in [0, 0.1) is 5.92 Å². The summed E-state index contributed by atoms with van der Waals surface area (Å²) in [5, 5.41) is 0.795. The van der Waals surface area contributed by atoms with Crippen LogP contribution in [0.4, 0.5) is 5.69 Å². The van der Waals surface area contributed by atoms with E-state index < -0.39 is 0 Å². The second kappa shape index (κ2) is 6.62. The molecule has 0 radical (unpaired) electrons. The van der Waals surface area contributed by atoms with E-state index >= 15 is 0 Å². The van der Waals surface area contributed by atoms with E-state index in [0.29, 0.717) is 0 Å². The molecular weight excluding hydrogens is 256 g/mol. The van der Waals surface area contributed by atoms with Crippen LogP contribution in [0.2, 0.25) is 5.02 Å². The van der Waals surface area contributed by atoms with Gasteiger partial charge in [-0.15, -0.1) is 0 Å². The Labute approximate surface area is 121 Å². The van der Waals surface area contributed by atoms with Crippen LogP contribution in [0.5, 0.6) is 0 Å². The zero-order chi connectivity index (χ0) is 13.8. The molecule has 0 bridgehead atoms. The van der Waals surface area contributed by atoms with Crippen LogP contribution >= 0.6 is 11.6 Å². The van der Waals surface area contributed by atoms with Gasteiger partial charge in [-0.2, -0.15) is 0 Å². The Morgan fingerprint density at radius 2 is 2.16 bits per heavy atom. The third kappa shape index (κ3) is 3.64. The molecule has 19 heavy (non-hydrogen) atoms. The van der Waals surface area contributed by atoms with E-state index in [1.165, 1.54) is 31.4 Å². The fourth-order valence-corrected chi connectivity index (χ4v) is 3.26. The smallest absolute Gasteiger partial charge is 0.0474 e. The molecule has 2 unspecified atom stereocenters. The van der Waals surface area contributed by atoms with Crippen molar-refractivity contribution in [2.24, 2.45) is 11.7 Å². The van der Waals surface area contributed by atoms with Gasteiger partial charge < -0.3 is 10.6 Å². The number of halogens is 1. The molecule has 0 aromatic heterocycles. The molecule has 1 aliphatic rings. The average Bonchev–Trinajstić information content (AvgIpc) is 2.63. The number of hydrogen-bond donors (Lipinski definition) is 1. The predicted octanol–water partition coefficient (Wildman–Crippen LogP) is 4.38. The van der Waals surface area contributed by atoms with Gasteiger partial charge in [0.05, 0.1) is 0 Å². The molecular formula is C16H25ClN2. The summed E-state index contributed by atoms with van der Waals surface area (Å²) < 4.78 is 0. The third-order valence-corrected chi connectivity index (χ3v) is 4.59. The van der Waals surface area contributed by atoms with Gasteiger partial charge in [-0.05, 0) is 49.8 Å².